The third kappa shape index (κ3) is 8.54. The van der Waals surface area contributed by atoms with Gasteiger partial charge in [0.1, 0.15) is 12.4 Å². The molecule has 0 spiro atoms. The zero-order chi connectivity index (χ0) is 17.8. The van der Waals surface area contributed by atoms with Gasteiger partial charge in [0, 0.05) is 25.2 Å². The molecule has 3 N–H and O–H groups in total. The van der Waals surface area contributed by atoms with Crippen molar-refractivity contribution in [3.63, 3.8) is 0 Å². The van der Waals surface area contributed by atoms with E-state index in [2.05, 4.69) is 26.9 Å². The Kier molecular flexibility index (Phi) is 8.88. The zero-order valence-corrected chi connectivity index (χ0v) is 15.0. The van der Waals surface area contributed by atoms with E-state index in [-0.39, 0.29) is 0 Å². The molecule has 0 heterocycles. The van der Waals surface area contributed by atoms with Crippen LogP contribution in [-0.2, 0) is 16.6 Å². The summed E-state index contributed by atoms with van der Waals surface area (Å²) in [6.07, 6.45) is 2.83. The van der Waals surface area contributed by atoms with Gasteiger partial charge >= 0.3 is 0 Å². The number of nitrogens with zero attached hydrogens (tertiary/aromatic N) is 1. The molecule has 0 unspecified atom stereocenters. The molecule has 0 aliphatic heterocycles. The Bertz CT molecular complexity index is 644. The fraction of sp³-hybridized carbons (Fsp3) is 0.438. The summed E-state index contributed by atoms with van der Waals surface area (Å²) >= 11 is 0. The van der Waals surface area contributed by atoms with E-state index in [1.807, 2.05) is 31.2 Å². The lowest BCUT2D eigenvalue weighted by Gasteiger charge is -2.12. The van der Waals surface area contributed by atoms with E-state index in [4.69, 9.17) is 4.74 Å². The molecule has 0 bridgehead atoms. The van der Waals surface area contributed by atoms with Crippen molar-refractivity contribution in [2.75, 3.05) is 32.5 Å². The molecule has 0 fully saturated rings. The van der Waals surface area contributed by atoms with Crippen LogP contribution < -0.4 is 20.1 Å². The standard InChI is InChI=1S/C16H26N4O3S/c1-4-12-23-15-9-7-6-8-14(15)13-19-16(17-5-2)18-10-11-20-24(3,21)22/h4,6-9,20H,1,5,10-13H2,2-3H3,(H2,17,18,19). The van der Waals surface area contributed by atoms with Gasteiger partial charge in [-0.15, -0.1) is 0 Å². The van der Waals surface area contributed by atoms with Crippen LogP contribution in [0.5, 0.6) is 5.75 Å². The minimum Gasteiger partial charge on any atom is -0.489 e. The monoisotopic (exact) mass is 354 g/mol. The normalized spacial score (nSPS) is 11.8. The van der Waals surface area contributed by atoms with Gasteiger partial charge in [-0.3, -0.25) is 0 Å². The first-order valence-corrected chi connectivity index (χ1v) is 9.63. The number of hydrogen-bond donors (Lipinski definition) is 3. The minimum atomic E-state index is -3.18. The Morgan fingerprint density at radius 2 is 2.04 bits per heavy atom. The summed E-state index contributed by atoms with van der Waals surface area (Å²) in [5, 5.41) is 6.20. The third-order valence-corrected chi connectivity index (χ3v) is 3.59. The summed E-state index contributed by atoms with van der Waals surface area (Å²) in [5.41, 5.74) is 0.964. The van der Waals surface area contributed by atoms with E-state index in [0.29, 0.717) is 38.7 Å². The van der Waals surface area contributed by atoms with E-state index in [1.54, 1.807) is 6.08 Å². The SMILES string of the molecule is C=CCOc1ccccc1CN=C(NCC)NCCNS(C)(=O)=O. The van der Waals surface area contributed by atoms with Gasteiger partial charge in [-0.25, -0.2) is 18.1 Å². The summed E-state index contributed by atoms with van der Waals surface area (Å²) in [6.45, 7) is 7.93. The second kappa shape index (κ2) is 10.7. The van der Waals surface area contributed by atoms with Gasteiger partial charge in [-0.05, 0) is 13.0 Å². The predicted molar refractivity (Wildman–Crippen MR) is 97.8 cm³/mol. The molecule has 0 saturated carbocycles. The number of hydrogen-bond acceptors (Lipinski definition) is 4. The molecular formula is C16H26N4O3S. The van der Waals surface area contributed by atoms with Crippen LogP contribution in [0.4, 0.5) is 0 Å². The summed E-state index contributed by atoms with van der Waals surface area (Å²) in [5.74, 6) is 1.39. The van der Waals surface area contributed by atoms with E-state index in [9.17, 15) is 8.42 Å². The highest BCUT2D eigenvalue weighted by atomic mass is 32.2. The maximum atomic E-state index is 11.0. The number of rotatable bonds is 10. The Labute approximate surface area is 144 Å². The molecule has 24 heavy (non-hydrogen) atoms. The fourth-order valence-electron chi connectivity index (χ4n) is 1.85. The summed E-state index contributed by atoms with van der Waals surface area (Å²) in [7, 11) is -3.18. The van der Waals surface area contributed by atoms with Crippen molar-refractivity contribution in [1.82, 2.24) is 15.4 Å². The maximum absolute atomic E-state index is 11.0. The van der Waals surface area contributed by atoms with Crippen molar-refractivity contribution >= 4 is 16.0 Å². The van der Waals surface area contributed by atoms with Gasteiger partial charge in [0.05, 0.1) is 12.8 Å². The molecule has 0 aliphatic rings. The quantitative estimate of drug-likeness (QED) is 0.251. The lowest BCUT2D eigenvalue weighted by molar-refractivity contribution is 0.359. The predicted octanol–water partition coefficient (Wildman–Crippen LogP) is 0.856. The van der Waals surface area contributed by atoms with Crippen LogP contribution in [0.2, 0.25) is 0 Å². The number of benzene rings is 1. The highest BCUT2D eigenvalue weighted by Gasteiger charge is 2.04. The van der Waals surface area contributed by atoms with Crippen LogP contribution in [-0.4, -0.2) is 46.9 Å². The van der Waals surface area contributed by atoms with Gasteiger partial charge in [0.15, 0.2) is 5.96 Å². The van der Waals surface area contributed by atoms with Crippen LogP contribution in [0.1, 0.15) is 12.5 Å². The molecule has 1 rings (SSSR count). The fourth-order valence-corrected chi connectivity index (χ4v) is 2.32. The first kappa shape index (κ1) is 20.0. The van der Waals surface area contributed by atoms with Crippen LogP contribution in [0, 0.1) is 0 Å². The topological polar surface area (TPSA) is 91.8 Å². The van der Waals surface area contributed by atoms with Crippen LogP contribution >= 0.6 is 0 Å². The van der Waals surface area contributed by atoms with E-state index < -0.39 is 10.0 Å². The van der Waals surface area contributed by atoms with Gasteiger partial charge in [0.25, 0.3) is 0 Å². The lowest BCUT2D eigenvalue weighted by atomic mass is 10.2. The number of guanidine groups is 1. The van der Waals surface area contributed by atoms with E-state index in [0.717, 1.165) is 17.6 Å². The van der Waals surface area contributed by atoms with E-state index in [1.165, 1.54) is 0 Å². The zero-order valence-electron chi connectivity index (χ0n) is 14.2. The summed E-state index contributed by atoms with van der Waals surface area (Å²) in [4.78, 5) is 4.50. The maximum Gasteiger partial charge on any atom is 0.208 e. The Morgan fingerprint density at radius 1 is 1.29 bits per heavy atom. The van der Waals surface area contributed by atoms with Crippen molar-refractivity contribution in [3.05, 3.63) is 42.5 Å². The van der Waals surface area contributed by atoms with Crippen molar-refractivity contribution in [2.45, 2.75) is 13.5 Å². The Hall–Kier alpha value is -2.06. The van der Waals surface area contributed by atoms with Crippen molar-refractivity contribution < 1.29 is 13.2 Å². The number of ether oxygens (including phenoxy) is 1. The Morgan fingerprint density at radius 3 is 2.71 bits per heavy atom. The molecule has 0 radical (unpaired) electrons. The summed E-state index contributed by atoms with van der Waals surface area (Å²) < 4.78 is 30.1. The lowest BCUT2D eigenvalue weighted by Crippen LogP contribution is -2.41. The molecule has 0 aromatic heterocycles. The van der Waals surface area contributed by atoms with Gasteiger partial charge in [-0.2, -0.15) is 0 Å². The molecule has 0 aliphatic carbocycles. The van der Waals surface area contributed by atoms with Crippen LogP contribution in [0.25, 0.3) is 0 Å². The second-order valence-corrected chi connectivity index (χ2v) is 6.83. The molecule has 7 nitrogen and oxygen atoms in total. The number of nitrogens with one attached hydrogen (secondary N) is 3. The molecular weight excluding hydrogens is 328 g/mol. The van der Waals surface area contributed by atoms with Crippen molar-refractivity contribution in [3.8, 4) is 5.75 Å². The van der Waals surface area contributed by atoms with E-state index >= 15 is 0 Å². The highest BCUT2D eigenvalue weighted by molar-refractivity contribution is 7.88. The smallest absolute Gasteiger partial charge is 0.208 e. The van der Waals surface area contributed by atoms with Gasteiger partial charge < -0.3 is 15.4 Å². The molecule has 8 heteroatoms. The molecule has 0 amide bonds. The second-order valence-electron chi connectivity index (χ2n) is 5.00. The number of sulfonamides is 1. The first-order valence-electron chi connectivity index (χ1n) is 7.74. The van der Waals surface area contributed by atoms with Crippen LogP contribution in [0.15, 0.2) is 41.9 Å². The highest BCUT2D eigenvalue weighted by Crippen LogP contribution is 2.18. The largest absolute Gasteiger partial charge is 0.489 e. The molecule has 0 atom stereocenters. The van der Waals surface area contributed by atoms with Gasteiger partial charge in [0.2, 0.25) is 10.0 Å². The first-order chi connectivity index (χ1) is 11.5. The van der Waals surface area contributed by atoms with Gasteiger partial charge in [-0.1, -0.05) is 30.9 Å². The minimum absolute atomic E-state index is 0.294. The summed E-state index contributed by atoms with van der Waals surface area (Å²) in [6, 6.07) is 7.69. The Balaban J connectivity index is 2.63. The third-order valence-electron chi connectivity index (χ3n) is 2.86. The number of aliphatic imine (C=N–C) groups is 1. The molecule has 1 aromatic carbocycles. The molecule has 0 saturated heterocycles. The number of para-hydroxylation sites is 1. The molecule has 1 aromatic rings. The average Bonchev–Trinajstić information content (AvgIpc) is 2.54. The van der Waals surface area contributed by atoms with Crippen molar-refractivity contribution in [1.29, 1.82) is 0 Å². The molecule has 134 valence electrons. The van der Waals surface area contributed by atoms with Crippen molar-refractivity contribution in [2.24, 2.45) is 4.99 Å². The van der Waals surface area contributed by atoms with Crippen LogP contribution in [0.3, 0.4) is 0 Å². The average molecular weight is 354 g/mol.